The molecule has 4 heteroatoms. The first-order chi connectivity index (χ1) is 7.74. The molecule has 2 aliphatic rings. The Balaban J connectivity index is 2.00. The summed E-state index contributed by atoms with van der Waals surface area (Å²) in [5.41, 5.74) is 3.89. The molecule has 0 radical (unpaired) electrons. The zero-order valence-corrected chi connectivity index (χ0v) is 9.95. The first-order valence-electron chi connectivity index (χ1n) is 5.99. The van der Waals surface area contributed by atoms with Crippen LogP contribution in [-0.4, -0.2) is 35.0 Å². The molecule has 16 heavy (non-hydrogen) atoms. The molecule has 1 aromatic heterocycles. The smallest absolute Gasteiger partial charge is 0.125 e. The molecule has 0 bridgehead atoms. The summed E-state index contributed by atoms with van der Waals surface area (Å²) >= 11 is 0. The van der Waals surface area contributed by atoms with Crippen LogP contribution in [0.1, 0.15) is 35.1 Å². The number of hydrogen-bond acceptors (Lipinski definition) is 4. The van der Waals surface area contributed by atoms with E-state index in [1.807, 2.05) is 6.92 Å². The lowest BCUT2D eigenvalue weighted by Crippen LogP contribution is -2.15. The molecule has 0 saturated carbocycles. The first-order valence-corrected chi connectivity index (χ1v) is 5.99. The van der Waals surface area contributed by atoms with E-state index in [2.05, 4.69) is 27.2 Å². The highest BCUT2D eigenvalue weighted by atomic mass is 15.1. The Labute approximate surface area is 96.1 Å². The van der Waals surface area contributed by atoms with Crippen molar-refractivity contribution in [3.63, 3.8) is 0 Å². The highest BCUT2D eigenvalue weighted by Crippen LogP contribution is 2.30. The zero-order chi connectivity index (χ0) is 11.1. The Kier molecular flexibility index (Phi) is 2.41. The van der Waals surface area contributed by atoms with Crippen LogP contribution >= 0.6 is 0 Å². The third-order valence-electron chi connectivity index (χ3n) is 3.61. The van der Waals surface area contributed by atoms with Gasteiger partial charge < -0.3 is 10.2 Å². The van der Waals surface area contributed by atoms with Crippen LogP contribution in [0.5, 0.6) is 0 Å². The highest BCUT2D eigenvalue weighted by Gasteiger charge is 2.28. The predicted molar refractivity (Wildman–Crippen MR) is 62.2 cm³/mol. The van der Waals surface area contributed by atoms with Gasteiger partial charge in [-0.1, -0.05) is 0 Å². The van der Waals surface area contributed by atoms with Crippen LogP contribution in [0.15, 0.2) is 0 Å². The normalized spacial score (nSPS) is 25.0. The van der Waals surface area contributed by atoms with Crippen molar-refractivity contribution in [3.05, 3.63) is 22.8 Å². The van der Waals surface area contributed by atoms with Gasteiger partial charge in [0.2, 0.25) is 0 Å². The molecule has 0 spiro atoms. The van der Waals surface area contributed by atoms with Gasteiger partial charge in [-0.3, -0.25) is 0 Å². The highest BCUT2D eigenvalue weighted by molar-refractivity contribution is 5.32. The van der Waals surface area contributed by atoms with Crippen LogP contribution in [0.2, 0.25) is 0 Å². The Morgan fingerprint density at radius 3 is 2.94 bits per heavy atom. The van der Waals surface area contributed by atoms with Gasteiger partial charge in [-0.25, -0.2) is 9.97 Å². The number of fused-ring (bicyclic) bond motifs is 1. The van der Waals surface area contributed by atoms with Crippen LogP contribution < -0.4 is 5.32 Å². The maximum absolute atomic E-state index is 4.68. The summed E-state index contributed by atoms with van der Waals surface area (Å²) in [6.45, 7) is 6.19. The van der Waals surface area contributed by atoms with E-state index in [0.717, 1.165) is 25.5 Å². The van der Waals surface area contributed by atoms with Crippen molar-refractivity contribution >= 4 is 0 Å². The maximum Gasteiger partial charge on any atom is 0.125 e. The number of rotatable bonds is 1. The number of aromatic nitrogens is 2. The van der Waals surface area contributed by atoms with Gasteiger partial charge in [0, 0.05) is 31.1 Å². The van der Waals surface area contributed by atoms with Crippen molar-refractivity contribution in [1.82, 2.24) is 20.2 Å². The van der Waals surface area contributed by atoms with Crippen molar-refractivity contribution in [2.75, 3.05) is 20.1 Å². The van der Waals surface area contributed by atoms with Crippen molar-refractivity contribution in [1.29, 1.82) is 0 Å². The van der Waals surface area contributed by atoms with E-state index in [1.54, 1.807) is 0 Å². The van der Waals surface area contributed by atoms with E-state index >= 15 is 0 Å². The van der Waals surface area contributed by atoms with Gasteiger partial charge in [0.1, 0.15) is 5.82 Å². The first kappa shape index (κ1) is 10.2. The van der Waals surface area contributed by atoms with Gasteiger partial charge in [0.05, 0.1) is 11.4 Å². The second-order valence-corrected chi connectivity index (χ2v) is 4.93. The van der Waals surface area contributed by atoms with Gasteiger partial charge >= 0.3 is 0 Å². The molecule has 1 N–H and O–H groups in total. The molecule has 2 aliphatic heterocycles. The minimum atomic E-state index is 0.611. The average molecular weight is 218 g/mol. The van der Waals surface area contributed by atoms with E-state index in [9.17, 15) is 0 Å². The molecule has 1 unspecified atom stereocenters. The molecule has 0 amide bonds. The third-order valence-corrected chi connectivity index (χ3v) is 3.61. The number of nitrogens with one attached hydrogen (secondary N) is 1. The molecular formula is C12H18N4. The fourth-order valence-corrected chi connectivity index (χ4v) is 2.82. The zero-order valence-electron chi connectivity index (χ0n) is 9.95. The van der Waals surface area contributed by atoms with Crippen LogP contribution in [0, 0.1) is 6.92 Å². The largest absolute Gasteiger partial charge is 0.307 e. The van der Waals surface area contributed by atoms with E-state index in [-0.39, 0.29) is 0 Å². The number of aryl methyl sites for hydroxylation is 1. The Hall–Kier alpha value is -1.00. The number of nitrogens with zero attached hydrogens (tertiary/aromatic N) is 3. The van der Waals surface area contributed by atoms with Gasteiger partial charge in [-0.05, 0) is 26.9 Å². The minimum absolute atomic E-state index is 0.611. The molecule has 4 nitrogen and oxygen atoms in total. The maximum atomic E-state index is 4.68. The lowest BCUT2D eigenvalue weighted by Gasteiger charge is -2.14. The standard InChI is InChI=1S/C12H18N4/c1-8-14-11-6-13-5-10(11)12(15-8)9-3-4-16(2)7-9/h9,13H,3-7H2,1-2H3. The van der Waals surface area contributed by atoms with E-state index < -0.39 is 0 Å². The van der Waals surface area contributed by atoms with E-state index in [1.165, 1.54) is 29.9 Å². The van der Waals surface area contributed by atoms with Crippen molar-refractivity contribution < 1.29 is 0 Å². The summed E-state index contributed by atoms with van der Waals surface area (Å²) in [5, 5.41) is 3.37. The Morgan fingerprint density at radius 2 is 2.19 bits per heavy atom. The molecule has 1 saturated heterocycles. The second kappa shape index (κ2) is 3.79. The third kappa shape index (κ3) is 1.62. The Morgan fingerprint density at radius 1 is 1.31 bits per heavy atom. The lowest BCUT2D eigenvalue weighted by molar-refractivity contribution is 0.410. The summed E-state index contributed by atoms with van der Waals surface area (Å²) in [4.78, 5) is 11.6. The fourth-order valence-electron chi connectivity index (χ4n) is 2.82. The lowest BCUT2D eigenvalue weighted by atomic mass is 9.99. The minimum Gasteiger partial charge on any atom is -0.307 e. The van der Waals surface area contributed by atoms with Crippen LogP contribution in [-0.2, 0) is 13.1 Å². The van der Waals surface area contributed by atoms with Gasteiger partial charge in [0.25, 0.3) is 0 Å². The van der Waals surface area contributed by atoms with Crippen LogP contribution in [0.25, 0.3) is 0 Å². The quantitative estimate of drug-likeness (QED) is 0.757. The van der Waals surface area contributed by atoms with Gasteiger partial charge in [0.15, 0.2) is 0 Å². The molecule has 1 atom stereocenters. The van der Waals surface area contributed by atoms with Crippen LogP contribution in [0.3, 0.4) is 0 Å². The van der Waals surface area contributed by atoms with Crippen molar-refractivity contribution in [2.45, 2.75) is 32.4 Å². The van der Waals surface area contributed by atoms with Crippen molar-refractivity contribution in [2.24, 2.45) is 0 Å². The summed E-state index contributed by atoms with van der Waals surface area (Å²) < 4.78 is 0. The molecule has 1 aromatic rings. The second-order valence-electron chi connectivity index (χ2n) is 4.93. The molecular weight excluding hydrogens is 200 g/mol. The molecule has 1 fully saturated rings. The fraction of sp³-hybridized carbons (Fsp3) is 0.667. The monoisotopic (exact) mass is 218 g/mol. The molecule has 0 aromatic carbocycles. The summed E-state index contributed by atoms with van der Waals surface area (Å²) in [6, 6.07) is 0. The summed E-state index contributed by atoms with van der Waals surface area (Å²) in [7, 11) is 2.19. The SMILES string of the molecule is Cc1nc2c(c(C3CCN(C)C3)n1)CNC2. The number of hydrogen-bond donors (Lipinski definition) is 1. The van der Waals surface area contributed by atoms with E-state index in [0.29, 0.717) is 5.92 Å². The average Bonchev–Trinajstić information content (AvgIpc) is 2.84. The van der Waals surface area contributed by atoms with E-state index in [4.69, 9.17) is 0 Å². The predicted octanol–water partition coefficient (Wildman–Crippen LogP) is 0.807. The topological polar surface area (TPSA) is 41.1 Å². The van der Waals surface area contributed by atoms with Crippen molar-refractivity contribution in [3.8, 4) is 0 Å². The summed E-state index contributed by atoms with van der Waals surface area (Å²) in [5.74, 6) is 1.53. The number of likely N-dealkylation sites (tertiary alicyclic amines) is 1. The Bertz CT molecular complexity index is 416. The van der Waals surface area contributed by atoms with Gasteiger partial charge in [-0.2, -0.15) is 0 Å². The van der Waals surface area contributed by atoms with Crippen LogP contribution in [0.4, 0.5) is 0 Å². The number of likely N-dealkylation sites (N-methyl/N-ethyl adjacent to an activating group) is 1. The summed E-state index contributed by atoms with van der Waals surface area (Å²) in [6.07, 6.45) is 1.24. The molecule has 0 aliphatic carbocycles. The molecule has 3 heterocycles. The molecule has 86 valence electrons. The molecule has 3 rings (SSSR count). The van der Waals surface area contributed by atoms with Gasteiger partial charge in [-0.15, -0.1) is 0 Å².